The summed E-state index contributed by atoms with van der Waals surface area (Å²) in [6.07, 6.45) is 1.94. The summed E-state index contributed by atoms with van der Waals surface area (Å²) in [5.41, 5.74) is 1.14. The van der Waals surface area contributed by atoms with Crippen molar-refractivity contribution in [3.05, 3.63) is 51.3 Å². The van der Waals surface area contributed by atoms with Gasteiger partial charge in [0.15, 0.2) is 0 Å². The van der Waals surface area contributed by atoms with E-state index in [1.165, 1.54) is 10.3 Å². The fourth-order valence-electron chi connectivity index (χ4n) is 1.70. The van der Waals surface area contributed by atoms with Gasteiger partial charge >= 0.3 is 0 Å². The SMILES string of the molecule is Brc1ccc(COc2ccc3[nH]ccc3c2)s1. The van der Waals surface area contributed by atoms with Gasteiger partial charge in [0, 0.05) is 22.0 Å². The Hall–Kier alpha value is -1.26. The number of thiophene rings is 1. The fraction of sp³-hybridized carbons (Fsp3) is 0.0769. The van der Waals surface area contributed by atoms with Crippen LogP contribution in [0.1, 0.15) is 4.88 Å². The molecular formula is C13H10BrNOS. The van der Waals surface area contributed by atoms with Gasteiger partial charge in [-0.1, -0.05) is 0 Å². The Kier molecular flexibility index (Phi) is 2.91. The van der Waals surface area contributed by atoms with Gasteiger partial charge < -0.3 is 9.72 Å². The standard InChI is InChI=1S/C13H10BrNOS/c14-13-4-2-11(17-13)8-16-10-1-3-12-9(7-10)5-6-15-12/h1-7,15H,8H2. The van der Waals surface area contributed by atoms with Crippen molar-refractivity contribution < 1.29 is 4.74 Å². The van der Waals surface area contributed by atoms with Crippen molar-refractivity contribution in [3.8, 4) is 5.75 Å². The lowest BCUT2D eigenvalue weighted by Crippen LogP contribution is -1.92. The molecule has 0 bridgehead atoms. The minimum Gasteiger partial charge on any atom is -0.488 e. The molecule has 0 saturated heterocycles. The Morgan fingerprint density at radius 3 is 2.94 bits per heavy atom. The van der Waals surface area contributed by atoms with Crippen molar-refractivity contribution in [1.29, 1.82) is 0 Å². The van der Waals surface area contributed by atoms with Gasteiger partial charge in [-0.3, -0.25) is 0 Å². The van der Waals surface area contributed by atoms with E-state index in [9.17, 15) is 0 Å². The number of aromatic amines is 1. The normalized spacial score (nSPS) is 10.9. The molecular weight excluding hydrogens is 298 g/mol. The highest BCUT2D eigenvalue weighted by Crippen LogP contribution is 2.25. The summed E-state index contributed by atoms with van der Waals surface area (Å²) in [6, 6.07) is 12.2. The van der Waals surface area contributed by atoms with Gasteiger partial charge in [-0.25, -0.2) is 0 Å². The Morgan fingerprint density at radius 1 is 1.18 bits per heavy atom. The lowest BCUT2D eigenvalue weighted by Gasteiger charge is -2.04. The molecule has 0 amide bonds. The summed E-state index contributed by atoms with van der Waals surface area (Å²) < 4.78 is 6.89. The minimum absolute atomic E-state index is 0.617. The summed E-state index contributed by atoms with van der Waals surface area (Å²) >= 11 is 5.14. The van der Waals surface area contributed by atoms with Gasteiger partial charge in [-0.2, -0.15) is 0 Å². The molecule has 0 saturated carbocycles. The molecule has 0 spiro atoms. The van der Waals surface area contributed by atoms with Crippen LogP contribution in [-0.4, -0.2) is 4.98 Å². The zero-order valence-electron chi connectivity index (χ0n) is 8.94. The van der Waals surface area contributed by atoms with Crippen LogP contribution in [0.3, 0.4) is 0 Å². The molecule has 0 atom stereocenters. The molecule has 0 radical (unpaired) electrons. The van der Waals surface area contributed by atoms with Crippen molar-refractivity contribution >= 4 is 38.2 Å². The number of nitrogens with one attached hydrogen (secondary N) is 1. The molecule has 3 rings (SSSR count). The van der Waals surface area contributed by atoms with Gasteiger partial charge in [0.05, 0.1) is 3.79 Å². The summed E-state index contributed by atoms with van der Waals surface area (Å²) in [5, 5.41) is 1.18. The summed E-state index contributed by atoms with van der Waals surface area (Å²) in [6.45, 7) is 0.617. The zero-order valence-corrected chi connectivity index (χ0v) is 11.3. The Labute approximate surface area is 111 Å². The lowest BCUT2D eigenvalue weighted by atomic mass is 10.2. The number of H-pyrrole nitrogens is 1. The molecule has 0 aliphatic heterocycles. The smallest absolute Gasteiger partial charge is 0.122 e. The third kappa shape index (κ3) is 2.37. The molecule has 2 heterocycles. The average Bonchev–Trinajstić information content (AvgIpc) is 2.94. The molecule has 2 aromatic heterocycles. The van der Waals surface area contributed by atoms with E-state index in [-0.39, 0.29) is 0 Å². The quantitative estimate of drug-likeness (QED) is 0.753. The Balaban J connectivity index is 1.76. The van der Waals surface area contributed by atoms with Crippen LogP contribution in [0, 0.1) is 0 Å². The summed E-state index contributed by atoms with van der Waals surface area (Å²) in [4.78, 5) is 4.38. The van der Waals surface area contributed by atoms with E-state index in [0.29, 0.717) is 6.61 Å². The van der Waals surface area contributed by atoms with Gasteiger partial charge in [-0.15, -0.1) is 11.3 Å². The van der Waals surface area contributed by atoms with Crippen LogP contribution in [0.5, 0.6) is 5.75 Å². The lowest BCUT2D eigenvalue weighted by molar-refractivity contribution is 0.310. The van der Waals surface area contributed by atoms with Crippen LogP contribution < -0.4 is 4.74 Å². The number of hydrogen-bond acceptors (Lipinski definition) is 2. The van der Waals surface area contributed by atoms with E-state index in [0.717, 1.165) is 15.1 Å². The van der Waals surface area contributed by atoms with Crippen LogP contribution in [0.15, 0.2) is 46.4 Å². The second-order valence-corrected chi connectivity index (χ2v) is 6.27. The van der Waals surface area contributed by atoms with E-state index in [1.54, 1.807) is 11.3 Å². The molecule has 0 aliphatic rings. The summed E-state index contributed by atoms with van der Waals surface area (Å²) in [7, 11) is 0. The molecule has 0 unspecified atom stereocenters. The van der Waals surface area contributed by atoms with Gasteiger partial charge in [0.25, 0.3) is 0 Å². The van der Waals surface area contributed by atoms with E-state index in [1.807, 2.05) is 30.5 Å². The zero-order chi connectivity index (χ0) is 11.7. The number of aromatic nitrogens is 1. The van der Waals surface area contributed by atoms with E-state index in [2.05, 4.69) is 33.0 Å². The first kappa shape index (κ1) is 10.9. The highest BCUT2D eigenvalue weighted by molar-refractivity contribution is 9.11. The Bertz CT molecular complexity index is 643. The number of halogens is 1. The van der Waals surface area contributed by atoms with E-state index < -0.39 is 0 Å². The van der Waals surface area contributed by atoms with Crippen LogP contribution in [0.4, 0.5) is 0 Å². The molecule has 3 aromatic rings. The van der Waals surface area contributed by atoms with Crippen molar-refractivity contribution in [2.75, 3.05) is 0 Å². The molecule has 2 nitrogen and oxygen atoms in total. The number of ether oxygens (including phenoxy) is 1. The second kappa shape index (κ2) is 4.55. The molecule has 4 heteroatoms. The van der Waals surface area contributed by atoms with Crippen molar-refractivity contribution in [2.45, 2.75) is 6.61 Å². The minimum atomic E-state index is 0.617. The predicted molar refractivity (Wildman–Crippen MR) is 74.6 cm³/mol. The fourth-order valence-corrected chi connectivity index (χ4v) is 3.10. The van der Waals surface area contributed by atoms with Crippen LogP contribution in [-0.2, 0) is 6.61 Å². The molecule has 86 valence electrons. The van der Waals surface area contributed by atoms with Gasteiger partial charge in [0.2, 0.25) is 0 Å². The number of fused-ring (bicyclic) bond motifs is 1. The van der Waals surface area contributed by atoms with Crippen LogP contribution in [0.25, 0.3) is 10.9 Å². The first-order valence-corrected chi connectivity index (χ1v) is 6.86. The number of rotatable bonds is 3. The molecule has 1 aromatic carbocycles. The van der Waals surface area contributed by atoms with Gasteiger partial charge in [0.1, 0.15) is 12.4 Å². The second-order valence-electron chi connectivity index (χ2n) is 3.72. The Morgan fingerprint density at radius 2 is 2.12 bits per heavy atom. The number of benzene rings is 1. The summed E-state index contributed by atoms with van der Waals surface area (Å²) in [5.74, 6) is 0.904. The van der Waals surface area contributed by atoms with Crippen LogP contribution >= 0.6 is 27.3 Å². The predicted octanol–water partition coefficient (Wildman–Crippen LogP) is 4.57. The van der Waals surface area contributed by atoms with Crippen molar-refractivity contribution in [1.82, 2.24) is 4.98 Å². The highest BCUT2D eigenvalue weighted by atomic mass is 79.9. The maximum absolute atomic E-state index is 5.76. The van der Waals surface area contributed by atoms with E-state index >= 15 is 0 Å². The first-order chi connectivity index (χ1) is 8.31. The monoisotopic (exact) mass is 307 g/mol. The third-order valence-electron chi connectivity index (χ3n) is 2.53. The molecule has 0 fully saturated rings. The number of hydrogen-bond donors (Lipinski definition) is 1. The third-order valence-corrected chi connectivity index (χ3v) is 4.13. The molecule has 1 N–H and O–H groups in total. The average molecular weight is 308 g/mol. The maximum Gasteiger partial charge on any atom is 0.122 e. The highest BCUT2D eigenvalue weighted by Gasteiger charge is 2.01. The van der Waals surface area contributed by atoms with Crippen LogP contribution in [0.2, 0.25) is 0 Å². The van der Waals surface area contributed by atoms with Crippen molar-refractivity contribution in [3.63, 3.8) is 0 Å². The first-order valence-electron chi connectivity index (χ1n) is 5.25. The largest absolute Gasteiger partial charge is 0.488 e. The van der Waals surface area contributed by atoms with Gasteiger partial charge in [-0.05, 0) is 52.3 Å². The van der Waals surface area contributed by atoms with E-state index in [4.69, 9.17) is 4.74 Å². The molecule has 0 aliphatic carbocycles. The maximum atomic E-state index is 5.76. The topological polar surface area (TPSA) is 25.0 Å². The molecule has 17 heavy (non-hydrogen) atoms. The van der Waals surface area contributed by atoms with Crippen molar-refractivity contribution in [2.24, 2.45) is 0 Å².